The zero-order chi connectivity index (χ0) is 11.8. The van der Waals surface area contributed by atoms with Gasteiger partial charge in [0.15, 0.2) is 0 Å². The number of fused-ring (bicyclic) bond motifs is 1. The van der Waals surface area contributed by atoms with Crippen molar-refractivity contribution in [2.75, 3.05) is 5.73 Å². The summed E-state index contributed by atoms with van der Waals surface area (Å²) in [7, 11) is 0. The Morgan fingerprint density at radius 1 is 1.18 bits per heavy atom. The average Bonchev–Trinajstić information content (AvgIpc) is 2.73. The van der Waals surface area contributed by atoms with Crippen molar-refractivity contribution in [1.29, 1.82) is 0 Å². The van der Waals surface area contributed by atoms with Crippen LogP contribution in [0.4, 0.5) is 5.69 Å². The summed E-state index contributed by atoms with van der Waals surface area (Å²) in [6.45, 7) is 0. The third kappa shape index (κ3) is 1.72. The molecule has 0 amide bonds. The molecule has 0 unspecified atom stereocenters. The number of halogens is 1. The summed E-state index contributed by atoms with van der Waals surface area (Å²) in [4.78, 5) is 4.25. The van der Waals surface area contributed by atoms with Gasteiger partial charge < -0.3 is 5.73 Å². The number of nitrogens with two attached hydrogens (primary N) is 1. The van der Waals surface area contributed by atoms with E-state index >= 15 is 0 Å². The third-order valence-electron chi connectivity index (χ3n) is 2.56. The van der Waals surface area contributed by atoms with Crippen molar-refractivity contribution in [1.82, 2.24) is 15.2 Å². The van der Waals surface area contributed by atoms with Gasteiger partial charge in [-0.05, 0) is 30.3 Å². The summed E-state index contributed by atoms with van der Waals surface area (Å²) < 4.78 is 0. The molecule has 0 bridgehead atoms. The Kier molecular flexibility index (Phi) is 2.23. The molecule has 0 aliphatic carbocycles. The second-order valence-electron chi connectivity index (χ2n) is 3.74. The molecule has 0 atom stereocenters. The van der Waals surface area contributed by atoms with Crippen LogP contribution in [-0.4, -0.2) is 15.2 Å². The number of benzene rings is 1. The standard InChI is InChI=1S/C12H9ClN4/c13-7-1-3-11(15-6-7)12-9-5-8(14)2-4-10(9)16-17-12/h1-6H,14H2,(H,16,17). The van der Waals surface area contributed by atoms with E-state index in [4.69, 9.17) is 17.3 Å². The van der Waals surface area contributed by atoms with Crippen molar-refractivity contribution < 1.29 is 0 Å². The number of nitrogens with zero attached hydrogens (tertiary/aromatic N) is 2. The van der Waals surface area contributed by atoms with Gasteiger partial charge in [0, 0.05) is 17.3 Å². The van der Waals surface area contributed by atoms with Gasteiger partial charge in [-0.1, -0.05) is 11.6 Å². The molecule has 0 radical (unpaired) electrons. The van der Waals surface area contributed by atoms with Crippen LogP contribution < -0.4 is 5.73 Å². The van der Waals surface area contributed by atoms with Crippen molar-refractivity contribution in [2.24, 2.45) is 0 Å². The Labute approximate surface area is 102 Å². The minimum absolute atomic E-state index is 0.605. The molecule has 0 spiro atoms. The lowest BCUT2D eigenvalue weighted by molar-refractivity contribution is 1.11. The fourth-order valence-electron chi connectivity index (χ4n) is 1.74. The zero-order valence-corrected chi connectivity index (χ0v) is 9.57. The van der Waals surface area contributed by atoms with Crippen molar-refractivity contribution in [3.63, 3.8) is 0 Å². The van der Waals surface area contributed by atoms with Gasteiger partial charge in [-0.3, -0.25) is 10.1 Å². The Bertz CT molecular complexity index is 673. The first-order chi connectivity index (χ1) is 8.24. The van der Waals surface area contributed by atoms with Gasteiger partial charge in [0.2, 0.25) is 0 Å². The third-order valence-corrected chi connectivity index (χ3v) is 2.78. The smallest absolute Gasteiger partial charge is 0.118 e. The molecule has 1 aromatic carbocycles. The Morgan fingerprint density at radius 3 is 2.82 bits per heavy atom. The second kappa shape index (κ2) is 3.75. The fourth-order valence-corrected chi connectivity index (χ4v) is 1.85. The second-order valence-corrected chi connectivity index (χ2v) is 4.18. The molecule has 2 heterocycles. The van der Waals surface area contributed by atoms with Gasteiger partial charge in [-0.25, -0.2) is 0 Å². The summed E-state index contributed by atoms with van der Waals surface area (Å²) in [6, 6.07) is 9.24. The molecule has 0 saturated carbocycles. The molecule has 0 aliphatic rings. The largest absolute Gasteiger partial charge is 0.399 e. The van der Waals surface area contributed by atoms with E-state index in [1.54, 1.807) is 12.3 Å². The monoisotopic (exact) mass is 244 g/mol. The molecule has 5 heteroatoms. The number of rotatable bonds is 1. The van der Waals surface area contributed by atoms with Crippen molar-refractivity contribution in [2.45, 2.75) is 0 Å². The van der Waals surface area contributed by atoms with Crippen molar-refractivity contribution in [3.05, 3.63) is 41.6 Å². The van der Waals surface area contributed by atoms with E-state index in [-0.39, 0.29) is 0 Å². The van der Waals surface area contributed by atoms with E-state index in [9.17, 15) is 0 Å². The lowest BCUT2D eigenvalue weighted by atomic mass is 10.1. The van der Waals surface area contributed by atoms with Crippen LogP contribution in [0.5, 0.6) is 0 Å². The fraction of sp³-hybridized carbons (Fsp3) is 0. The molecule has 84 valence electrons. The van der Waals surface area contributed by atoms with Gasteiger partial charge in [-0.15, -0.1) is 0 Å². The Hall–Kier alpha value is -2.07. The van der Waals surface area contributed by atoms with Crippen LogP contribution in [0.15, 0.2) is 36.5 Å². The molecule has 3 aromatic rings. The topological polar surface area (TPSA) is 67.6 Å². The normalized spacial score (nSPS) is 10.9. The highest BCUT2D eigenvalue weighted by Gasteiger charge is 2.09. The number of nitrogen functional groups attached to an aromatic ring is 1. The molecule has 0 saturated heterocycles. The first-order valence-corrected chi connectivity index (χ1v) is 5.47. The predicted molar refractivity (Wildman–Crippen MR) is 68.7 cm³/mol. The minimum Gasteiger partial charge on any atom is -0.399 e. The van der Waals surface area contributed by atoms with Gasteiger partial charge in [0.05, 0.1) is 16.2 Å². The van der Waals surface area contributed by atoms with Gasteiger partial charge in [0.1, 0.15) is 5.69 Å². The number of hydrogen-bond donors (Lipinski definition) is 2. The molecule has 4 nitrogen and oxygen atoms in total. The number of nitrogens with one attached hydrogen (secondary N) is 1. The summed E-state index contributed by atoms with van der Waals surface area (Å²) >= 11 is 5.81. The maximum Gasteiger partial charge on any atom is 0.118 e. The lowest BCUT2D eigenvalue weighted by Crippen LogP contribution is -1.85. The van der Waals surface area contributed by atoms with Gasteiger partial charge >= 0.3 is 0 Å². The number of anilines is 1. The van der Waals surface area contributed by atoms with Gasteiger partial charge in [-0.2, -0.15) is 5.10 Å². The molecule has 3 N–H and O–H groups in total. The van der Waals surface area contributed by atoms with E-state index in [1.165, 1.54) is 0 Å². The number of H-pyrrole nitrogens is 1. The van der Waals surface area contributed by atoms with Crippen LogP contribution in [0.1, 0.15) is 0 Å². The SMILES string of the molecule is Nc1ccc2[nH]nc(-c3ccc(Cl)cn3)c2c1. The minimum atomic E-state index is 0.605. The summed E-state index contributed by atoms with van der Waals surface area (Å²) in [5.41, 5.74) is 8.96. The van der Waals surface area contributed by atoms with Crippen molar-refractivity contribution >= 4 is 28.2 Å². The maximum absolute atomic E-state index is 5.81. The van der Waals surface area contributed by atoms with E-state index in [1.807, 2.05) is 24.3 Å². The predicted octanol–water partition coefficient (Wildman–Crippen LogP) is 2.86. The molecular weight excluding hydrogens is 236 g/mol. The van der Waals surface area contributed by atoms with E-state index in [0.29, 0.717) is 10.7 Å². The highest BCUT2D eigenvalue weighted by Crippen LogP contribution is 2.26. The van der Waals surface area contributed by atoms with Crippen LogP contribution in [0.2, 0.25) is 5.02 Å². The summed E-state index contributed by atoms with van der Waals surface area (Å²) in [6.07, 6.45) is 1.60. The lowest BCUT2D eigenvalue weighted by Gasteiger charge is -1.98. The van der Waals surface area contributed by atoms with Crippen molar-refractivity contribution in [3.8, 4) is 11.4 Å². The number of aromatic nitrogens is 3. The van der Waals surface area contributed by atoms with Crippen LogP contribution in [0.25, 0.3) is 22.3 Å². The molecule has 0 fully saturated rings. The summed E-state index contributed by atoms with van der Waals surface area (Å²) in [5, 5.41) is 8.76. The molecule has 3 rings (SSSR count). The van der Waals surface area contributed by atoms with Crippen LogP contribution in [0, 0.1) is 0 Å². The first kappa shape index (κ1) is 10.1. The van der Waals surface area contributed by atoms with E-state index in [2.05, 4.69) is 15.2 Å². The highest BCUT2D eigenvalue weighted by molar-refractivity contribution is 6.30. The molecule has 0 aliphatic heterocycles. The molecule has 17 heavy (non-hydrogen) atoms. The molecule has 2 aromatic heterocycles. The van der Waals surface area contributed by atoms with Crippen LogP contribution >= 0.6 is 11.6 Å². The number of pyridine rings is 1. The first-order valence-electron chi connectivity index (χ1n) is 5.09. The van der Waals surface area contributed by atoms with Crippen LogP contribution in [0.3, 0.4) is 0 Å². The quantitative estimate of drug-likeness (QED) is 0.647. The summed E-state index contributed by atoms with van der Waals surface area (Å²) in [5.74, 6) is 0. The van der Waals surface area contributed by atoms with Crippen LogP contribution in [-0.2, 0) is 0 Å². The number of hydrogen-bond acceptors (Lipinski definition) is 3. The van der Waals surface area contributed by atoms with E-state index in [0.717, 1.165) is 22.3 Å². The van der Waals surface area contributed by atoms with E-state index < -0.39 is 0 Å². The van der Waals surface area contributed by atoms with Gasteiger partial charge in [0.25, 0.3) is 0 Å². The highest BCUT2D eigenvalue weighted by atomic mass is 35.5. The maximum atomic E-state index is 5.81. The Morgan fingerprint density at radius 2 is 2.06 bits per heavy atom. The Balaban J connectivity index is 2.23. The zero-order valence-electron chi connectivity index (χ0n) is 8.81. The molecular formula is C12H9ClN4. The average molecular weight is 245 g/mol. The number of aromatic amines is 1.